The fourth-order valence-corrected chi connectivity index (χ4v) is 2.46. The molecule has 0 fully saturated rings. The van der Waals surface area contributed by atoms with Crippen LogP contribution in [0, 0.1) is 6.92 Å². The van der Waals surface area contributed by atoms with Crippen molar-refractivity contribution < 1.29 is 9.90 Å². The van der Waals surface area contributed by atoms with Gasteiger partial charge >= 0.3 is 5.97 Å². The van der Waals surface area contributed by atoms with E-state index in [1.54, 1.807) is 6.07 Å². The van der Waals surface area contributed by atoms with E-state index in [9.17, 15) is 9.90 Å². The predicted molar refractivity (Wildman–Crippen MR) is 76.6 cm³/mol. The van der Waals surface area contributed by atoms with E-state index in [1.807, 2.05) is 17.6 Å². The third-order valence-corrected chi connectivity index (χ3v) is 3.54. The van der Waals surface area contributed by atoms with E-state index in [0.29, 0.717) is 12.2 Å². The zero-order valence-corrected chi connectivity index (χ0v) is 11.6. The number of aryl methyl sites for hydroxylation is 2. The Kier molecular flexibility index (Phi) is 3.74. The first kappa shape index (κ1) is 13.4. The van der Waals surface area contributed by atoms with Crippen LogP contribution in [-0.2, 0) is 13.0 Å². The molecule has 100 valence electrons. The molecule has 0 unspecified atom stereocenters. The van der Waals surface area contributed by atoms with Crippen LogP contribution in [0.3, 0.4) is 0 Å². The number of aromatic carboxylic acids is 1. The summed E-state index contributed by atoms with van der Waals surface area (Å²) in [5.74, 6) is -0.879. The molecule has 19 heavy (non-hydrogen) atoms. The maximum Gasteiger partial charge on any atom is 0.352 e. The molecular formula is C16H19NO2. The summed E-state index contributed by atoms with van der Waals surface area (Å²) in [5.41, 5.74) is 4.97. The van der Waals surface area contributed by atoms with Crippen LogP contribution >= 0.6 is 0 Å². The highest BCUT2D eigenvalue weighted by molar-refractivity contribution is 5.87. The second-order valence-electron chi connectivity index (χ2n) is 4.65. The van der Waals surface area contributed by atoms with Crippen molar-refractivity contribution in [2.24, 2.45) is 0 Å². The molecule has 2 rings (SSSR count). The van der Waals surface area contributed by atoms with Crippen LogP contribution in [0.5, 0.6) is 0 Å². The number of carbonyl (C=O) groups is 1. The van der Waals surface area contributed by atoms with E-state index in [1.165, 1.54) is 11.1 Å². The van der Waals surface area contributed by atoms with Gasteiger partial charge < -0.3 is 9.67 Å². The highest BCUT2D eigenvalue weighted by Gasteiger charge is 2.14. The minimum absolute atomic E-state index is 0.344. The number of nitrogens with zero attached hydrogens (tertiary/aromatic N) is 1. The fourth-order valence-electron chi connectivity index (χ4n) is 2.46. The van der Waals surface area contributed by atoms with E-state index in [-0.39, 0.29) is 0 Å². The maximum atomic E-state index is 11.2. The summed E-state index contributed by atoms with van der Waals surface area (Å²) in [6.45, 7) is 6.85. The molecule has 1 aromatic carbocycles. The first-order valence-electron chi connectivity index (χ1n) is 6.61. The topological polar surface area (TPSA) is 42.2 Å². The molecule has 0 bridgehead atoms. The zero-order valence-electron chi connectivity index (χ0n) is 11.6. The summed E-state index contributed by atoms with van der Waals surface area (Å²) < 4.78 is 1.84. The Hall–Kier alpha value is -2.03. The van der Waals surface area contributed by atoms with E-state index in [0.717, 1.165) is 17.7 Å². The lowest BCUT2D eigenvalue weighted by Gasteiger charge is -2.11. The van der Waals surface area contributed by atoms with Gasteiger partial charge in [-0.05, 0) is 55.2 Å². The smallest absolute Gasteiger partial charge is 0.352 e. The molecule has 0 radical (unpaired) electrons. The van der Waals surface area contributed by atoms with Gasteiger partial charge in [-0.1, -0.05) is 19.1 Å². The molecule has 0 amide bonds. The van der Waals surface area contributed by atoms with Gasteiger partial charge in [-0.15, -0.1) is 0 Å². The summed E-state index contributed by atoms with van der Waals surface area (Å²) in [6, 6.07) is 9.87. The SMILES string of the molecule is CCc1cc(-c2ccc(C(=O)O)n2CC)ccc1C. The number of hydrogen-bond donors (Lipinski definition) is 1. The standard InChI is InChI=1S/C16H19NO2/c1-4-12-10-13(7-6-11(12)3)14-8-9-15(16(18)19)17(14)5-2/h6-10H,4-5H2,1-3H3,(H,18,19). The first-order chi connectivity index (χ1) is 9.08. The molecule has 0 aliphatic carbocycles. The number of benzene rings is 1. The molecule has 0 atom stereocenters. The highest BCUT2D eigenvalue weighted by Crippen LogP contribution is 2.25. The van der Waals surface area contributed by atoms with Gasteiger partial charge in [-0.25, -0.2) is 4.79 Å². The third kappa shape index (κ3) is 2.41. The van der Waals surface area contributed by atoms with Gasteiger partial charge in [0.05, 0.1) is 0 Å². The average Bonchev–Trinajstić information content (AvgIpc) is 2.83. The predicted octanol–water partition coefficient (Wildman–Crippen LogP) is 3.74. The highest BCUT2D eigenvalue weighted by atomic mass is 16.4. The van der Waals surface area contributed by atoms with Crippen molar-refractivity contribution in [2.45, 2.75) is 33.7 Å². The molecule has 0 saturated carbocycles. The van der Waals surface area contributed by atoms with Gasteiger partial charge in [0, 0.05) is 12.2 Å². The van der Waals surface area contributed by atoms with Crippen molar-refractivity contribution in [2.75, 3.05) is 0 Å². The Bertz CT molecular complexity index is 611. The van der Waals surface area contributed by atoms with E-state index >= 15 is 0 Å². The molecule has 1 aromatic heterocycles. The zero-order chi connectivity index (χ0) is 14.0. The van der Waals surface area contributed by atoms with E-state index in [2.05, 4.69) is 32.0 Å². The molecule has 3 nitrogen and oxygen atoms in total. The number of aromatic nitrogens is 1. The molecule has 2 aromatic rings. The minimum Gasteiger partial charge on any atom is -0.477 e. The second-order valence-corrected chi connectivity index (χ2v) is 4.65. The maximum absolute atomic E-state index is 11.2. The van der Waals surface area contributed by atoms with Crippen LogP contribution in [0.2, 0.25) is 0 Å². The van der Waals surface area contributed by atoms with Crippen molar-refractivity contribution in [3.05, 3.63) is 47.2 Å². The lowest BCUT2D eigenvalue weighted by atomic mass is 10.0. The van der Waals surface area contributed by atoms with Gasteiger partial charge in [-0.2, -0.15) is 0 Å². The number of hydrogen-bond acceptors (Lipinski definition) is 1. The lowest BCUT2D eigenvalue weighted by molar-refractivity contribution is 0.0685. The van der Waals surface area contributed by atoms with Gasteiger partial charge in [0.1, 0.15) is 5.69 Å². The quantitative estimate of drug-likeness (QED) is 0.906. The monoisotopic (exact) mass is 257 g/mol. The summed E-state index contributed by atoms with van der Waals surface area (Å²) in [7, 11) is 0. The lowest BCUT2D eigenvalue weighted by Crippen LogP contribution is -2.08. The van der Waals surface area contributed by atoms with Crippen molar-refractivity contribution >= 4 is 5.97 Å². The van der Waals surface area contributed by atoms with Gasteiger partial charge in [-0.3, -0.25) is 0 Å². The molecule has 0 aliphatic rings. The normalized spacial score (nSPS) is 10.7. The summed E-state index contributed by atoms with van der Waals surface area (Å²) >= 11 is 0. The second kappa shape index (κ2) is 5.31. The van der Waals surface area contributed by atoms with E-state index < -0.39 is 5.97 Å². The van der Waals surface area contributed by atoms with Crippen molar-refractivity contribution in [1.29, 1.82) is 0 Å². The third-order valence-electron chi connectivity index (χ3n) is 3.54. The Morgan fingerprint density at radius 1 is 1.21 bits per heavy atom. The largest absolute Gasteiger partial charge is 0.477 e. The molecule has 3 heteroatoms. The van der Waals surface area contributed by atoms with Crippen LogP contribution in [0.15, 0.2) is 30.3 Å². The van der Waals surface area contributed by atoms with Gasteiger partial charge in [0.25, 0.3) is 0 Å². The summed E-state index contributed by atoms with van der Waals surface area (Å²) in [4.78, 5) is 11.2. The van der Waals surface area contributed by atoms with Crippen LogP contribution < -0.4 is 0 Å². The Balaban J connectivity index is 2.56. The van der Waals surface area contributed by atoms with Crippen LogP contribution in [0.4, 0.5) is 0 Å². The number of carboxylic acid groups (broad SMARTS) is 1. The molecule has 0 aliphatic heterocycles. The molecule has 1 N–H and O–H groups in total. The fraction of sp³-hybridized carbons (Fsp3) is 0.312. The van der Waals surface area contributed by atoms with Crippen molar-refractivity contribution in [3.63, 3.8) is 0 Å². The van der Waals surface area contributed by atoms with Crippen LogP contribution in [-0.4, -0.2) is 15.6 Å². The number of rotatable bonds is 4. The van der Waals surface area contributed by atoms with Crippen LogP contribution in [0.25, 0.3) is 11.3 Å². The van der Waals surface area contributed by atoms with Crippen molar-refractivity contribution in [3.8, 4) is 11.3 Å². The van der Waals surface area contributed by atoms with Gasteiger partial charge in [0.15, 0.2) is 0 Å². The molecule has 1 heterocycles. The Labute approximate surface area is 113 Å². The first-order valence-corrected chi connectivity index (χ1v) is 6.61. The molecule has 0 saturated heterocycles. The average molecular weight is 257 g/mol. The molecule has 0 spiro atoms. The van der Waals surface area contributed by atoms with Crippen LogP contribution in [0.1, 0.15) is 35.5 Å². The van der Waals surface area contributed by atoms with E-state index in [4.69, 9.17) is 0 Å². The number of carboxylic acids is 1. The molecular weight excluding hydrogens is 238 g/mol. The summed E-state index contributed by atoms with van der Waals surface area (Å²) in [5, 5.41) is 9.18. The Morgan fingerprint density at radius 2 is 1.95 bits per heavy atom. The minimum atomic E-state index is -0.879. The summed E-state index contributed by atoms with van der Waals surface area (Å²) in [6.07, 6.45) is 0.984. The van der Waals surface area contributed by atoms with Crippen molar-refractivity contribution in [1.82, 2.24) is 4.57 Å². The van der Waals surface area contributed by atoms with Gasteiger partial charge in [0.2, 0.25) is 0 Å². The Morgan fingerprint density at radius 3 is 2.53 bits per heavy atom.